The molecular formula is C20H24N3O2+. The molecule has 0 saturated carbocycles. The second-order valence-electron chi connectivity index (χ2n) is 6.74. The molecule has 0 aromatic heterocycles. The number of phenols is 1. The van der Waals surface area contributed by atoms with E-state index in [1.807, 2.05) is 31.5 Å². The lowest BCUT2D eigenvalue weighted by Gasteiger charge is -2.17. The molecule has 0 atom stereocenters. The summed E-state index contributed by atoms with van der Waals surface area (Å²) in [6, 6.07) is 13.1. The van der Waals surface area contributed by atoms with E-state index < -0.39 is 0 Å². The maximum atomic E-state index is 9.41. The second-order valence-corrected chi connectivity index (χ2v) is 6.74. The third-order valence-corrected chi connectivity index (χ3v) is 4.82. The number of aromatic hydroxyl groups is 1. The number of nitrogens with zero attached hydrogens (tertiary/aromatic N) is 3. The first-order valence-corrected chi connectivity index (χ1v) is 8.21. The zero-order valence-electron chi connectivity index (χ0n) is 15.3. The number of rotatable bonds is 4. The summed E-state index contributed by atoms with van der Waals surface area (Å²) in [5.41, 5.74) is 4.24. The molecule has 0 radical (unpaired) electrons. The van der Waals surface area contributed by atoms with E-state index in [1.54, 1.807) is 24.3 Å². The number of methoxy groups -OCH3 is 1. The van der Waals surface area contributed by atoms with Crippen LogP contribution in [0.4, 0.5) is 11.4 Å². The van der Waals surface area contributed by atoms with Crippen molar-refractivity contribution in [3.63, 3.8) is 0 Å². The van der Waals surface area contributed by atoms with Gasteiger partial charge in [0, 0.05) is 18.7 Å². The van der Waals surface area contributed by atoms with E-state index in [0.717, 1.165) is 17.1 Å². The third-order valence-electron chi connectivity index (χ3n) is 4.82. The Kier molecular flexibility index (Phi) is 4.25. The molecule has 1 aliphatic rings. The monoisotopic (exact) mass is 338 g/mol. The number of hydrogen-bond donors (Lipinski definition) is 1. The highest BCUT2D eigenvalue weighted by Gasteiger charge is 2.43. The van der Waals surface area contributed by atoms with Crippen LogP contribution in [0.5, 0.6) is 11.5 Å². The summed E-state index contributed by atoms with van der Waals surface area (Å²) < 4.78 is 7.55. The van der Waals surface area contributed by atoms with Crippen molar-refractivity contribution >= 4 is 23.3 Å². The van der Waals surface area contributed by atoms with Crippen molar-refractivity contribution < 1.29 is 14.4 Å². The van der Waals surface area contributed by atoms with Gasteiger partial charge < -0.3 is 9.84 Å². The Labute approximate surface area is 148 Å². The minimum atomic E-state index is -0.169. The molecule has 0 aliphatic carbocycles. The van der Waals surface area contributed by atoms with Gasteiger partial charge in [0.25, 0.3) is 0 Å². The van der Waals surface area contributed by atoms with Gasteiger partial charge in [0.05, 0.1) is 18.2 Å². The highest BCUT2D eigenvalue weighted by molar-refractivity contribution is 6.33. The third kappa shape index (κ3) is 2.97. The fourth-order valence-corrected chi connectivity index (χ4v) is 3.25. The van der Waals surface area contributed by atoms with E-state index in [2.05, 4.69) is 42.7 Å². The average Bonchev–Trinajstić information content (AvgIpc) is 2.79. The molecule has 25 heavy (non-hydrogen) atoms. The first-order chi connectivity index (χ1) is 11.8. The molecule has 0 fully saturated rings. The molecule has 2 aromatic carbocycles. The summed E-state index contributed by atoms with van der Waals surface area (Å²) in [4.78, 5) is 0. The van der Waals surface area contributed by atoms with Gasteiger partial charge in [-0.1, -0.05) is 0 Å². The fourth-order valence-electron chi connectivity index (χ4n) is 3.25. The minimum absolute atomic E-state index is 0.169. The maximum Gasteiger partial charge on any atom is 0.212 e. The first-order valence-electron chi connectivity index (χ1n) is 8.21. The number of hydrogen-bond acceptors (Lipinski definition) is 4. The van der Waals surface area contributed by atoms with Crippen LogP contribution in [0.2, 0.25) is 0 Å². The predicted molar refractivity (Wildman–Crippen MR) is 102 cm³/mol. The smallest absolute Gasteiger partial charge is 0.212 e. The van der Waals surface area contributed by atoms with Crippen molar-refractivity contribution in [1.82, 2.24) is 0 Å². The molecule has 3 rings (SSSR count). The Balaban J connectivity index is 1.92. The number of fused-ring (bicyclic) bond motifs is 1. The summed E-state index contributed by atoms with van der Waals surface area (Å²) in [5.74, 6) is 1.11. The summed E-state index contributed by atoms with van der Waals surface area (Å²) in [6.07, 6.45) is 1.90. The number of benzene rings is 2. The van der Waals surface area contributed by atoms with Gasteiger partial charge in [0.2, 0.25) is 11.4 Å². The van der Waals surface area contributed by atoms with Crippen LogP contribution >= 0.6 is 0 Å². The molecule has 0 spiro atoms. The molecule has 0 amide bonds. The van der Waals surface area contributed by atoms with E-state index in [4.69, 9.17) is 4.74 Å². The van der Waals surface area contributed by atoms with E-state index in [-0.39, 0.29) is 11.2 Å². The van der Waals surface area contributed by atoms with Crippen LogP contribution < -0.4 is 9.75 Å². The molecule has 130 valence electrons. The zero-order chi connectivity index (χ0) is 18.2. The molecule has 0 saturated heterocycles. The van der Waals surface area contributed by atoms with Crippen LogP contribution in [-0.4, -0.2) is 42.8 Å². The van der Waals surface area contributed by atoms with Crippen LogP contribution in [0.3, 0.4) is 0 Å². The van der Waals surface area contributed by atoms with Crippen LogP contribution in [-0.2, 0) is 5.41 Å². The Morgan fingerprint density at radius 3 is 2.48 bits per heavy atom. The lowest BCUT2D eigenvalue weighted by atomic mass is 9.82. The summed E-state index contributed by atoms with van der Waals surface area (Å²) in [5, 5.41) is 15.8. The van der Waals surface area contributed by atoms with Crippen molar-refractivity contribution in [3.05, 3.63) is 48.0 Å². The van der Waals surface area contributed by atoms with E-state index in [9.17, 15) is 5.11 Å². The zero-order valence-corrected chi connectivity index (χ0v) is 15.3. The highest BCUT2D eigenvalue weighted by Crippen LogP contribution is 2.40. The van der Waals surface area contributed by atoms with Crippen LogP contribution in [0.25, 0.3) is 0 Å². The second kappa shape index (κ2) is 6.24. The number of hydrazone groups is 1. The van der Waals surface area contributed by atoms with Gasteiger partial charge in [-0.05, 0) is 50.2 Å². The number of ether oxygens (including phenoxy) is 1. The van der Waals surface area contributed by atoms with Gasteiger partial charge in [-0.2, -0.15) is 9.68 Å². The Hall–Kier alpha value is -2.82. The molecule has 5 nitrogen and oxygen atoms in total. The highest BCUT2D eigenvalue weighted by atomic mass is 16.5. The van der Waals surface area contributed by atoms with Crippen molar-refractivity contribution in [1.29, 1.82) is 0 Å². The van der Waals surface area contributed by atoms with Crippen LogP contribution in [0, 0.1) is 0 Å². The topological polar surface area (TPSA) is 48.1 Å². The van der Waals surface area contributed by atoms with Gasteiger partial charge in [0.1, 0.15) is 24.8 Å². The van der Waals surface area contributed by atoms with Gasteiger partial charge in [-0.25, -0.2) is 0 Å². The lowest BCUT2D eigenvalue weighted by molar-refractivity contribution is -0.400. The lowest BCUT2D eigenvalue weighted by Crippen LogP contribution is -2.30. The molecule has 0 bridgehead atoms. The molecule has 0 unspecified atom stereocenters. The molecule has 2 aromatic rings. The predicted octanol–water partition coefficient (Wildman–Crippen LogP) is 3.53. The van der Waals surface area contributed by atoms with Crippen molar-refractivity contribution in [2.75, 3.05) is 26.2 Å². The average molecular weight is 338 g/mol. The first kappa shape index (κ1) is 17.0. The van der Waals surface area contributed by atoms with Crippen molar-refractivity contribution in [2.24, 2.45) is 5.10 Å². The van der Waals surface area contributed by atoms with E-state index in [1.165, 1.54) is 11.3 Å². The molecular weight excluding hydrogens is 314 g/mol. The number of phenolic OH excluding ortho intramolecular Hbond substituents is 1. The van der Waals surface area contributed by atoms with Gasteiger partial charge in [0.15, 0.2) is 0 Å². The van der Waals surface area contributed by atoms with Gasteiger partial charge >= 0.3 is 0 Å². The molecule has 1 N–H and O–H groups in total. The summed E-state index contributed by atoms with van der Waals surface area (Å²) in [7, 11) is 5.63. The Morgan fingerprint density at radius 2 is 1.84 bits per heavy atom. The Morgan fingerprint density at radius 1 is 1.16 bits per heavy atom. The molecule has 5 heteroatoms. The van der Waals surface area contributed by atoms with Gasteiger partial charge in [-0.15, -0.1) is 0 Å². The van der Waals surface area contributed by atoms with Crippen LogP contribution in [0.15, 0.2) is 47.6 Å². The summed E-state index contributed by atoms with van der Waals surface area (Å²) in [6.45, 7) is 4.38. The Bertz CT molecular complexity index is 852. The standard InChI is InChI=1S/C20H23N3O2/c1-20(2)17-12-16(25-5)10-11-18(17)22(3)19(20)13-21-23(4)14-6-8-15(24)9-7-14/h6-13H,1-5H3/p+1. The van der Waals surface area contributed by atoms with Crippen molar-refractivity contribution in [2.45, 2.75) is 19.3 Å². The SMILES string of the molecule is COc1ccc2c(c1)C(C)(C)C(C=NN(C)c1ccc(O)cc1)=[N+]2C. The maximum absolute atomic E-state index is 9.41. The normalized spacial score (nSPS) is 15.6. The number of anilines is 1. The molecule has 1 heterocycles. The van der Waals surface area contributed by atoms with Gasteiger partial charge in [-0.3, -0.25) is 5.01 Å². The van der Waals surface area contributed by atoms with E-state index in [0.29, 0.717) is 0 Å². The quantitative estimate of drug-likeness (QED) is 0.527. The van der Waals surface area contributed by atoms with Crippen molar-refractivity contribution in [3.8, 4) is 11.5 Å². The molecule has 1 aliphatic heterocycles. The van der Waals surface area contributed by atoms with Crippen LogP contribution in [0.1, 0.15) is 19.4 Å². The van der Waals surface area contributed by atoms with E-state index >= 15 is 0 Å². The summed E-state index contributed by atoms with van der Waals surface area (Å²) >= 11 is 0. The minimum Gasteiger partial charge on any atom is -0.508 e. The largest absolute Gasteiger partial charge is 0.508 e. The fraction of sp³-hybridized carbons (Fsp3) is 0.300.